The van der Waals surface area contributed by atoms with Gasteiger partial charge in [-0.25, -0.2) is 4.98 Å². The number of pyridine rings is 1. The number of nitrogens with zero attached hydrogens (tertiary/aromatic N) is 1. The van der Waals surface area contributed by atoms with Gasteiger partial charge < -0.3 is 5.11 Å². The number of halogens is 3. The standard InChI is InChI=1S/C5H2ClFINO/c6-2-1-3(10)4(7)9-5(2)8/h1,10H. The van der Waals surface area contributed by atoms with Crippen molar-refractivity contribution in [2.24, 2.45) is 0 Å². The fourth-order valence-corrected chi connectivity index (χ4v) is 0.949. The largest absolute Gasteiger partial charge is 0.504 e. The van der Waals surface area contributed by atoms with Gasteiger partial charge in [-0.15, -0.1) is 0 Å². The van der Waals surface area contributed by atoms with E-state index >= 15 is 0 Å². The SMILES string of the molecule is Oc1cc(Cl)c(I)nc1F. The van der Waals surface area contributed by atoms with E-state index < -0.39 is 11.7 Å². The molecule has 1 aromatic heterocycles. The molecule has 1 heterocycles. The lowest BCUT2D eigenvalue weighted by Gasteiger charge is -1.96. The molecule has 1 N–H and O–H groups in total. The second kappa shape index (κ2) is 2.87. The van der Waals surface area contributed by atoms with Crippen LogP contribution in [-0.4, -0.2) is 10.1 Å². The van der Waals surface area contributed by atoms with Crippen molar-refractivity contribution in [3.8, 4) is 5.75 Å². The Bertz CT molecular complexity index is 218. The van der Waals surface area contributed by atoms with Crippen LogP contribution in [0.3, 0.4) is 0 Å². The summed E-state index contributed by atoms with van der Waals surface area (Å²) >= 11 is 7.26. The zero-order valence-corrected chi connectivity index (χ0v) is 7.52. The topological polar surface area (TPSA) is 33.1 Å². The predicted molar refractivity (Wildman–Crippen MR) is 43.6 cm³/mol. The summed E-state index contributed by atoms with van der Waals surface area (Å²) in [6.07, 6.45) is 0. The van der Waals surface area contributed by atoms with E-state index in [1.165, 1.54) is 0 Å². The average molecular weight is 273 g/mol. The Balaban J connectivity index is 3.28. The molecule has 1 rings (SSSR count). The molecular weight excluding hydrogens is 271 g/mol. The zero-order valence-electron chi connectivity index (χ0n) is 4.61. The molecule has 0 amide bonds. The van der Waals surface area contributed by atoms with Gasteiger partial charge in [0.2, 0.25) is 0 Å². The molecule has 0 aliphatic rings. The van der Waals surface area contributed by atoms with Gasteiger partial charge in [-0.3, -0.25) is 0 Å². The summed E-state index contributed by atoms with van der Waals surface area (Å²) in [4.78, 5) is 3.31. The lowest BCUT2D eigenvalue weighted by molar-refractivity contribution is 0.418. The molecule has 0 radical (unpaired) electrons. The van der Waals surface area contributed by atoms with Crippen LogP contribution in [0, 0.1) is 9.65 Å². The third-order valence-electron chi connectivity index (χ3n) is 0.868. The number of rotatable bonds is 0. The van der Waals surface area contributed by atoms with Crippen molar-refractivity contribution in [3.63, 3.8) is 0 Å². The summed E-state index contributed by atoms with van der Waals surface area (Å²) in [5, 5.41) is 8.95. The van der Waals surface area contributed by atoms with Crippen LogP contribution in [0.5, 0.6) is 5.75 Å². The minimum Gasteiger partial charge on any atom is -0.504 e. The smallest absolute Gasteiger partial charge is 0.256 e. The second-order valence-corrected chi connectivity index (χ2v) is 3.00. The number of hydrogen-bond acceptors (Lipinski definition) is 2. The van der Waals surface area contributed by atoms with Gasteiger partial charge in [-0.1, -0.05) is 11.6 Å². The van der Waals surface area contributed by atoms with Gasteiger partial charge in [-0.05, 0) is 22.6 Å². The quantitative estimate of drug-likeness (QED) is 0.580. The molecule has 5 heteroatoms. The minimum atomic E-state index is -0.895. The maximum absolute atomic E-state index is 12.3. The van der Waals surface area contributed by atoms with Crippen LogP contribution in [-0.2, 0) is 0 Å². The highest BCUT2D eigenvalue weighted by Gasteiger charge is 2.05. The first-order valence-electron chi connectivity index (χ1n) is 2.32. The van der Waals surface area contributed by atoms with E-state index in [-0.39, 0.29) is 5.02 Å². The van der Waals surface area contributed by atoms with Gasteiger partial charge >= 0.3 is 0 Å². The van der Waals surface area contributed by atoms with Gasteiger partial charge in [0.25, 0.3) is 5.95 Å². The zero-order chi connectivity index (χ0) is 7.72. The third kappa shape index (κ3) is 1.49. The average Bonchev–Trinajstić information content (AvgIpc) is 1.84. The van der Waals surface area contributed by atoms with E-state index in [2.05, 4.69) is 4.98 Å². The molecule has 0 fully saturated rings. The first-order valence-corrected chi connectivity index (χ1v) is 3.77. The van der Waals surface area contributed by atoms with Crippen molar-refractivity contribution in [3.05, 3.63) is 20.7 Å². The lowest BCUT2D eigenvalue weighted by atomic mass is 10.4. The van der Waals surface area contributed by atoms with Crippen molar-refractivity contribution >= 4 is 34.2 Å². The molecular formula is C5H2ClFINO. The van der Waals surface area contributed by atoms with Gasteiger partial charge in [0, 0.05) is 6.07 Å². The van der Waals surface area contributed by atoms with Crippen molar-refractivity contribution in [1.82, 2.24) is 4.98 Å². The molecule has 0 spiro atoms. The van der Waals surface area contributed by atoms with E-state index in [0.717, 1.165) is 6.07 Å². The van der Waals surface area contributed by atoms with Crippen LogP contribution in [0.1, 0.15) is 0 Å². The Kier molecular flexibility index (Phi) is 2.30. The Hall–Kier alpha value is -0.100. The van der Waals surface area contributed by atoms with Crippen LogP contribution in [0.4, 0.5) is 4.39 Å². The predicted octanol–water partition coefficient (Wildman–Crippen LogP) is 2.18. The molecule has 0 atom stereocenters. The summed E-state index contributed by atoms with van der Waals surface area (Å²) < 4.78 is 12.7. The summed E-state index contributed by atoms with van der Waals surface area (Å²) in [6, 6.07) is 1.12. The molecule has 0 saturated carbocycles. The molecule has 0 bridgehead atoms. The highest BCUT2D eigenvalue weighted by molar-refractivity contribution is 14.1. The first-order chi connectivity index (χ1) is 4.61. The maximum Gasteiger partial charge on any atom is 0.256 e. The molecule has 0 aliphatic heterocycles. The van der Waals surface area contributed by atoms with E-state index in [0.29, 0.717) is 3.70 Å². The number of aromatic hydroxyl groups is 1. The molecule has 54 valence electrons. The Morgan fingerprint density at radius 1 is 1.70 bits per heavy atom. The van der Waals surface area contributed by atoms with E-state index in [1.807, 2.05) is 0 Å². The fourth-order valence-electron chi connectivity index (χ4n) is 0.436. The van der Waals surface area contributed by atoms with Crippen molar-refractivity contribution in [2.45, 2.75) is 0 Å². The van der Waals surface area contributed by atoms with Crippen molar-refractivity contribution < 1.29 is 9.50 Å². The highest BCUT2D eigenvalue weighted by Crippen LogP contribution is 2.22. The van der Waals surface area contributed by atoms with Crippen LogP contribution in [0.2, 0.25) is 5.02 Å². The van der Waals surface area contributed by atoms with Crippen LogP contribution in [0.15, 0.2) is 6.07 Å². The molecule has 2 nitrogen and oxygen atoms in total. The molecule has 0 aromatic carbocycles. The van der Waals surface area contributed by atoms with Gasteiger partial charge in [0.1, 0.15) is 3.70 Å². The lowest BCUT2D eigenvalue weighted by Crippen LogP contribution is -1.87. The molecule has 0 saturated heterocycles. The summed E-state index contributed by atoms with van der Waals surface area (Å²) in [5.41, 5.74) is 0. The number of hydrogen-bond donors (Lipinski definition) is 1. The summed E-state index contributed by atoms with van der Waals surface area (Å²) in [7, 11) is 0. The monoisotopic (exact) mass is 273 g/mol. The fraction of sp³-hybridized carbons (Fsp3) is 0. The normalized spacial score (nSPS) is 9.90. The van der Waals surface area contributed by atoms with Crippen LogP contribution in [0.25, 0.3) is 0 Å². The van der Waals surface area contributed by atoms with Crippen molar-refractivity contribution in [1.29, 1.82) is 0 Å². The van der Waals surface area contributed by atoms with Gasteiger partial charge in [-0.2, -0.15) is 4.39 Å². The Labute approximate surface area is 75.2 Å². The van der Waals surface area contributed by atoms with Gasteiger partial charge in [0.05, 0.1) is 5.02 Å². The third-order valence-corrected chi connectivity index (χ3v) is 2.30. The molecule has 0 aliphatic carbocycles. The maximum atomic E-state index is 12.3. The molecule has 10 heavy (non-hydrogen) atoms. The van der Waals surface area contributed by atoms with E-state index in [9.17, 15) is 4.39 Å². The van der Waals surface area contributed by atoms with Crippen LogP contribution < -0.4 is 0 Å². The Morgan fingerprint density at radius 3 is 2.80 bits per heavy atom. The highest BCUT2D eigenvalue weighted by atomic mass is 127. The minimum absolute atomic E-state index is 0.250. The second-order valence-electron chi connectivity index (χ2n) is 1.57. The summed E-state index contributed by atoms with van der Waals surface area (Å²) in [6.45, 7) is 0. The summed E-state index contributed by atoms with van der Waals surface area (Å²) in [5.74, 6) is -1.42. The van der Waals surface area contributed by atoms with Crippen LogP contribution >= 0.6 is 34.2 Å². The van der Waals surface area contributed by atoms with Gasteiger partial charge in [0.15, 0.2) is 5.75 Å². The van der Waals surface area contributed by atoms with E-state index in [4.69, 9.17) is 16.7 Å². The molecule has 0 unspecified atom stereocenters. The molecule has 1 aromatic rings. The Morgan fingerprint density at radius 2 is 2.30 bits per heavy atom. The van der Waals surface area contributed by atoms with E-state index in [1.54, 1.807) is 22.6 Å². The number of aromatic nitrogens is 1. The first kappa shape index (κ1) is 8.00. The van der Waals surface area contributed by atoms with Crippen molar-refractivity contribution in [2.75, 3.05) is 0 Å².